The number of carbonyl (C=O) groups excluding carboxylic acids is 1. The maximum absolute atomic E-state index is 14.0. The first-order chi connectivity index (χ1) is 12.5. The molecule has 1 unspecified atom stereocenters. The first-order valence-corrected chi connectivity index (χ1v) is 8.94. The van der Waals surface area contributed by atoms with Gasteiger partial charge in [-0.25, -0.2) is 4.39 Å². The van der Waals surface area contributed by atoms with E-state index in [9.17, 15) is 9.18 Å². The molecule has 0 aliphatic carbocycles. The van der Waals surface area contributed by atoms with Gasteiger partial charge >= 0.3 is 0 Å². The van der Waals surface area contributed by atoms with Crippen LogP contribution in [0.4, 0.5) is 10.1 Å². The Morgan fingerprint density at radius 1 is 1.15 bits per heavy atom. The molecule has 1 amide bonds. The van der Waals surface area contributed by atoms with Crippen LogP contribution in [0, 0.1) is 5.82 Å². The number of amides is 1. The van der Waals surface area contributed by atoms with Crippen LogP contribution in [0.2, 0.25) is 0 Å². The Hall–Kier alpha value is -2.25. The summed E-state index contributed by atoms with van der Waals surface area (Å²) in [4.78, 5) is 13.3. The Labute approximate surface area is 156 Å². The van der Waals surface area contributed by atoms with E-state index in [1.807, 2.05) is 24.3 Å². The Morgan fingerprint density at radius 2 is 1.88 bits per heavy atom. The van der Waals surface area contributed by atoms with Crippen LogP contribution in [0.5, 0.6) is 11.5 Å². The van der Waals surface area contributed by atoms with Crippen LogP contribution >= 0.6 is 11.8 Å². The summed E-state index contributed by atoms with van der Waals surface area (Å²) in [7, 11) is 3.15. The standard InChI is InChI=1S/C19H22FNO4S/c1-13(26-16-7-5-15(24-3)6-8-16)19(22)21-14-4-9-18(17(20)12-14)25-11-10-23-2/h4-9,12-13H,10-11H2,1-3H3,(H,21,22). The summed E-state index contributed by atoms with van der Waals surface area (Å²) in [5.41, 5.74) is 0.383. The van der Waals surface area contributed by atoms with Gasteiger partial charge in [0.2, 0.25) is 5.91 Å². The highest BCUT2D eigenvalue weighted by Crippen LogP contribution is 2.27. The van der Waals surface area contributed by atoms with E-state index >= 15 is 0 Å². The van der Waals surface area contributed by atoms with Crippen molar-refractivity contribution in [2.75, 3.05) is 32.8 Å². The first-order valence-electron chi connectivity index (χ1n) is 8.06. The summed E-state index contributed by atoms with van der Waals surface area (Å²) in [5, 5.41) is 2.37. The molecule has 140 valence electrons. The van der Waals surface area contributed by atoms with Crippen molar-refractivity contribution in [3.8, 4) is 11.5 Å². The second-order valence-electron chi connectivity index (χ2n) is 5.41. The highest BCUT2D eigenvalue weighted by Gasteiger charge is 2.15. The summed E-state index contributed by atoms with van der Waals surface area (Å²) in [6.45, 7) is 2.43. The molecule has 0 saturated carbocycles. The zero-order valence-corrected chi connectivity index (χ0v) is 15.8. The lowest BCUT2D eigenvalue weighted by molar-refractivity contribution is -0.115. The number of hydrogen-bond donors (Lipinski definition) is 1. The lowest BCUT2D eigenvalue weighted by Gasteiger charge is -2.13. The molecule has 0 fully saturated rings. The SMILES string of the molecule is COCCOc1ccc(NC(=O)C(C)Sc2ccc(OC)cc2)cc1F. The van der Waals surface area contributed by atoms with Crippen LogP contribution in [0.15, 0.2) is 47.4 Å². The van der Waals surface area contributed by atoms with Gasteiger partial charge < -0.3 is 19.5 Å². The fraction of sp³-hybridized carbons (Fsp3) is 0.316. The third-order valence-corrected chi connectivity index (χ3v) is 4.60. The maximum Gasteiger partial charge on any atom is 0.237 e. The molecule has 0 aromatic heterocycles. The molecule has 0 bridgehead atoms. The van der Waals surface area contributed by atoms with Gasteiger partial charge in [-0.3, -0.25) is 4.79 Å². The Morgan fingerprint density at radius 3 is 2.50 bits per heavy atom. The molecule has 7 heteroatoms. The third-order valence-electron chi connectivity index (χ3n) is 3.49. The molecule has 0 spiro atoms. The molecule has 0 aliphatic heterocycles. The number of methoxy groups -OCH3 is 2. The van der Waals surface area contributed by atoms with Crippen molar-refractivity contribution in [2.45, 2.75) is 17.1 Å². The van der Waals surface area contributed by atoms with E-state index in [-0.39, 0.29) is 23.5 Å². The summed E-state index contributed by atoms with van der Waals surface area (Å²) in [6, 6.07) is 11.8. The highest BCUT2D eigenvalue weighted by molar-refractivity contribution is 8.00. The highest BCUT2D eigenvalue weighted by atomic mass is 32.2. The zero-order chi connectivity index (χ0) is 18.9. The normalized spacial score (nSPS) is 11.7. The minimum absolute atomic E-state index is 0.126. The topological polar surface area (TPSA) is 56.8 Å². The van der Waals surface area contributed by atoms with E-state index in [4.69, 9.17) is 14.2 Å². The number of hydrogen-bond acceptors (Lipinski definition) is 5. The number of halogens is 1. The molecule has 5 nitrogen and oxygen atoms in total. The predicted molar refractivity (Wildman–Crippen MR) is 101 cm³/mol. The number of ether oxygens (including phenoxy) is 3. The smallest absolute Gasteiger partial charge is 0.237 e. The fourth-order valence-corrected chi connectivity index (χ4v) is 2.95. The van der Waals surface area contributed by atoms with E-state index < -0.39 is 5.82 Å². The molecule has 0 heterocycles. The quantitative estimate of drug-likeness (QED) is 0.528. The zero-order valence-electron chi connectivity index (χ0n) is 15.0. The van der Waals surface area contributed by atoms with Gasteiger partial charge in [-0.2, -0.15) is 0 Å². The van der Waals surface area contributed by atoms with Crippen molar-refractivity contribution in [2.24, 2.45) is 0 Å². The molecular weight excluding hydrogens is 357 g/mol. The molecule has 0 aliphatic rings. The minimum atomic E-state index is -0.533. The second kappa shape index (κ2) is 10.0. The number of rotatable bonds is 9. The second-order valence-corrected chi connectivity index (χ2v) is 6.83. The van der Waals surface area contributed by atoms with Crippen LogP contribution in [0.3, 0.4) is 0 Å². The van der Waals surface area contributed by atoms with Crippen LogP contribution in [-0.4, -0.2) is 38.6 Å². The molecule has 26 heavy (non-hydrogen) atoms. The van der Waals surface area contributed by atoms with Gasteiger partial charge in [0, 0.05) is 23.8 Å². The van der Waals surface area contributed by atoms with Gasteiger partial charge in [0.25, 0.3) is 0 Å². The number of carbonyl (C=O) groups is 1. The lowest BCUT2D eigenvalue weighted by atomic mass is 10.2. The fourth-order valence-electron chi connectivity index (χ4n) is 2.09. The van der Waals surface area contributed by atoms with Crippen molar-refractivity contribution in [1.29, 1.82) is 0 Å². The summed E-state index contributed by atoms with van der Waals surface area (Å²) >= 11 is 1.41. The summed E-state index contributed by atoms with van der Waals surface area (Å²) in [6.07, 6.45) is 0. The molecule has 2 aromatic carbocycles. The Kier molecular flexibility index (Phi) is 7.74. The van der Waals surface area contributed by atoms with Crippen molar-refractivity contribution in [3.63, 3.8) is 0 Å². The molecule has 1 atom stereocenters. The van der Waals surface area contributed by atoms with E-state index in [0.717, 1.165) is 10.6 Å². The molecule has 2 aromatic rings. The molecule has 0 radical (unpaired) electrons. The van der Waals surface area contributed by atoms with Crippen LogP contribution in [0.1, 0.15) is 6.92 Å². The monoisotopic (exact) mass is 379 g/mol. The van der Waals surface area contributed by atoms with Crippen molar-refractivity contribution in [1.82, 2.24) is 0 Å². The van der Waals surface area contributed by atoms with Crippen molar-refractivity contribution < 1.29 is 23.4 Å². The Balaban J connectivity index is 1.92. The third kappa shape index (κ3) is 5.93. The summed E-state index contributed by atoms with van der Waals surface area (Å²) in [5.74, 6) is 0.142. The first kappa shape index (κ1) is 20.1. The van der Waals surface area contributed by atoms with Gasteiger partial charge in [0.05, 0.1) is 19.0 Å². The number of nitrogens with one attached hydrogen (secondary N) is 1. The van der Waals surface area contributed by atoms with E-state index in [2.05, 4.69) is 5.32 Å². The lowest BCUT2D eigenvalue weighted by Crippen LogP contribution is -2.22. The maximum atomic E-state index is 14.0. The Bertz CT molecular complexity index is 724. The van der Waals surface area contributed by atoms with Crippen molar-refractivity contribution >= 4 is 23.4 Å². The molecule has 1 N–H and O–H groups in total. The van der Waals surface area contributed by atoms with Gasteiger partial charge in [0.1, 0.15) is 12.4 Å². The largest absolute Gasteiger partial charge is 0.497 e. The van der Waals surface area contributed by atoms with E-state index in [0.29, 0.717) is 12.3 Å². The van der Waals surface area contributed by atoms with Gasteiger partial charge in [-0.1, -0.05) is 0 Å². The minimum Gasteiger partial charge on any atom is -0.497 e. The summed E-state index contributed by atoms with van der Waals surface area (Å²) < 4.78 is 29.2. The van der Waals surface area contributed by atoms with Crippen LogP contribution in [-0.2, 0) is 9.53 Å². The number of thioether (sulfide) groups is 1. The average molecular weight is 379 g/mol. The molecular formula is C19H22FNO4S. The number of anilines is 1. The predicted octanol–water partition coefficient (Wildman–Crippen LogP) is 3.98. The van der Waals surface area contributed by atoms with Crippen molar-refractivity contribution in [3.05, 3.63) is 48.3 Å². The number of benzene rings is 2. The van der Waals surface area contributed by atoms with Crippen LogP contribution < -0.4 is 14.8 Å². The van der Waals surface area contributed by atoms with Crippen LogP contribution in [0.25, 0.3) is 0 Å². The van der Waals surface area contributed by atoms with Gasteiger partial charge in [-0.15, -0.1) is 11.8 Å². The van der Waals surface area contributed by atoms with Gasteiger partial charge in [0.15, 0.2) is 11.6 Å². The van der Waals surface area contributed by atoms with E-state index in [1.54, 1.807) is 27.2 Å². The molecule has 0 saturated heterocycles. The average Bonchev–Trinajstić information content (AvgIpc) is 2.64. The molecule has 2 rings (SSSR count). The van der Waals surface area contributed by atoms with Gasteiger partial charge in [-0.05, 0) is 43.3 Å². The van der Waals surface area contributed by atoms with E-state index in [1.165, 1.54) is 23.9 Å².